The maximum atomic E-state index is 12.2. The number of carbonyl (C=O) groups excluding carboxylic acids is 2. The van der Waals surface area contributed by atoms with E-state index in [1.54, 1.807) is 11.3 Å². The Labute approximate surface area is 144 Å². The summed E-state index contributed by atoms with van der Waals surface area (Å²) in [7, 11) is 0. The zero-order valence-corrected chi connectivity index (χ0v) is 14.4. The van der Waals surface area contributed by atoms with Crippen molar-refractivity contribution < 1.29 is 14.3 Å². The van der Waals surface area contributed by atoms with Gasteiger partial charge in [-0.05, 0) is 38.2 Å². The Bertz CT molecular complexity index is 824. The molecule has 0 radical (unpaired) electrons. The van der Waals surface area contributed by atoms with Gasteiger partial charge in [-0.25, -0.2) is 4.98 Å². The van der Waals surface area contributed by atoms with Gasteiger partial charge in [0.15, 0.2) is 5.78 Å². The van der Waals surface area contributed by atoms with E-state index in [1.165, 1.54) is 4.88 Å². The van der Waals surface area contributed by atoms with Crippen LogP contribution in [-0.2, 0) is 22.4 Å². The number of ketones is 1. The monoisotopic (exact) mass is 341 g/mol. The summed E-state index contributed by atoms with van der Waals surface area (Å²) in [6.45, 7) is 2.23. The molecule has 2 aromatic rings. The Kier molecular flexibility index (Phi) is 3.96. The van der Waals surface area contributed by atoms with Gasteiger partial charge in [-0.15, -0.1) is 11.3 Å². The molecule has 1 aromatic carbocycles. The third-order valence-electron chi connectivity index (χ3n) is 4.83. The van der Waals surface area contributed by atoms with Crippen molar-refractivity contribution in [2.45, 2.75) is 44.9 Å². The van der Waals surface area contributed by atoms with Crippen molar-refractivity contribution in [2.75, 3.05) is 6.61 Å². The quantitative estimate of drug-likeness (QED) is 0.794. The molecule has 1 unspecified atom stereocenters. The minimum atomic E-state index is -0.239. The van der Waals surface area contributed by atoms with Gasteiger partial charge in [0.25, 0.3) is 0 Å². The number of thiazole rings is 1. The molecular formula is C19H19NO3S. The zero-order chi connectivity index (χ0) is 16.7. The summed E-state index contributed by atoms with van der Waals surface area (Å²) < 4.78 is 5.22. The van der Waals surface area contributed by atoms with Crippen LogP contribution in [0.1, 0.15) is 58.6 Å². The number of fused-ring (bicyclic) bond motifs is 2. The Balaban J connectivity index is 1.75. The second-order valence-electron chi connectivity index (χ2n) is 6.28. The zero-order valence-electron chi connectivity index (χ0n) is 13.6. The molecule has 0 aliphatic heterocycles. The van der Waals surface area contributed by atoms with Crippen LogP contribution in [0.15, 0.2) is 18.2 Å². The number of nitrogens with zero attached hydrogens (tertiary/aromatic N) is 1. The van der Waals surface area contributed by atoms with Crippen molar-refractivity contribution in [3.05, 3.63) is 39.9 Å². The van der Waals surface area contributed by atoms with Gasteiger partial charge in [0.2, 0.25) is 0 Å². The standard InChI is InChI=1S/C19H19NO3S/c1-2-23-19(22)14-7-4-8-16-17(14)20-18(24-16)13-6-3-5-12-11(13)9-10-15(12)21/h3,5-6,14H,2,4,7-10H2,1H3. The van der Waals surface area contributed by atoms with E-state index in [2.05, 4.69) is 0 Å². The Hall–Kier alpha value is -2.01. The molecule has 1 atom stereocenters. The first kappa shape index (κ1) is 15.5. The Morgan fingerprint density at radius 3 is 2.96 bits per heavy atom. The van der Waals surface area contributed by atoms with Crippen LogP contribution >= 0.6 is 11.3 Å². The van der Waals surface area contributed by atoms with Crippen LogP contribution in [0, 0.1) is 0 Å². The molecule has 0 amide bonds. The maximum Gasteiger partial charge on any atom is 0.315 e. The molecule has 0 N–H and O–H groups in total. The van der Waals surface area contributed by atoms with E-state index < -0.39 is 0 Å². The van der Waals surface area contributed by atoms with Crippen molar-refractivity contribution in [3.8, 4) is 10.6 Å². The average Bonchev–Trinajstić information content (AvgIpc) is 3.18. The van der Waals surface area contributed by atoms with E-state index in [4.69, 9.17) is 9.72 Å². The summed E-state index contributed by atoms with van der Waals surface area (Å²) >= 11 is 1.66. The number of ether oxygens (including phenoxy) is 1. The third kappa shape index (κ3) is 2.47. The van der Waals surface area contributed by atoms with E-state index in [0.29, 0.717) is 13.0 Å². The second-order valence-corrected chi connectivity index (χ2v) is 7.36. The topological polar surface area (TPSA) is 56.3 Å². The summed E-state index contributed by atoms with van der Waals surface area (Å²) in [6, 6.07) is 5.88. The van der Waals surface area contributed by atoms with E-state index in [1.807, 2.05) is 25.1 Å². The molecule has 0 saturated carbocycles. The van der Waals surface area contributed by atoms with Gasteiger partial charge in [-0.3, -0.25) is 9.59 Å². The van der Waals surface area contributed by atoms with Crippen LogP contribution < -0.4 is 0 Å². The lowest BCUT2D eigenvalue weighted by molar-refractivity contribution is -0.145. The highest BCUT2D eigenvalue weighted by molar-refractivity contribution is 7.15. The average molecular weight is 341 g/mol. The lowest BCUT2D eigenvalue weighted by Gasteiger charge is -2.19. The van der Waals surface area contributed by atoms with Gasteiger partial charge >= 0.3 is 5.97 Å². The fraction of sp³-hybridized carbons (Fsp3) is 0.421. The molecule has 0 spiro atoms. The van der Waals surface area contributed by atoms with E-state index in [0.717, 1.165) is 53.1 Å². The first-order valence-corrected chi connectivity index (χ1v) is 9.32. The molecule has 1 aromatic heterocycles. The first-order valence-electron chi connectivity index (χ1n) is 8.50. The normalized spacial score (nSPS) is 19.0. The van der Waals surface area contributed by atoms with Gasteiger partial charge in [0.1, 0.15) is 10.9 Å². The maximum absolute atomic E-state index is 12.2. The second kappa shape index (κ2) is 6.13. The lowest BCUT2D eigenvalue weighted by Crippen LogP contribution is -2.20. The predicted octanol–water partition coefficient (Wildman–Crippen LogP) is 3.92. The largest absolute Gasteiger partial charge is 0.465 e. The highest BCUT2D eigenvalue weighted by Crippen LogP contribution is 2.41. The van der Waals surface area contributed by atoms with Crippen molar-refractivity contribution in [2.24, 2.45) is 0 Å². The smallest absolute Gasteiger partial charge is 0.315 e. The SMILES string of the molecule is CCOC(=O)C1CCCc2sc(-c3cccc4c3CCC4=O)nc21. The summed E-state index contributed by atoms with van der Waals surface area (Å²) in [4.78, 5) is 30.2. The number of carbonyl (C=O) groups is 2. The fourth-order valence-corrected chi connectivity index (χ4v) is 4.91. The number of hydrogen-bond acceptors (Lipinski definition) is 5. The Morgan fingerprint density at radius 1 is 1.29 bits per heavy atom. The molecule has 0 bridgehead atoms. The molecule has 0 fully saturated rings. The molecule has 4 nitrogen and oxygen atoms in total. The van der Waals surface area contributed by atoms with Gasteiger partial charge in [-0.1, -0.05) is 18.2 Å². The summed E-state index contributed by atoms with van der Waals surface area (Å²) in [6.07, 6.45) is 4.14. The van der Waals surface area contributed by atoms with Crippen molar-refractivity contribution in [1.29, 1.82) is 0 Å². The Morgan fingerprint density at radius 2 is 2.12 bits per heavy atom. The number of esters is 1. The number of hydrogen-bond donors (Lipinski definition) is 0. The highest BCUT2D eigenvalue weighted by atomic mass is 32.1. The molecule has 2 aliphatic rings. The number of aromatic nitrogens is 1. The van der Waals surface area contributed by atoms with Crippen molar-refractivity contribution in [3.63, 3.8) is 0 Å². The predicted molar refractivity (Wildman–Crippen MR) is 92.5 cm³/mol. The van der Waals surface area contributed by atoms with Crippen molar-refractivity contribution in [1.82, 2.24) is 4.98 Å². The summed E-state index contributed by atoms with van der Waals surface area (Å²) in [5.41, 5.74) is 3.89. The molecule has 5 heteroatoms. The molecule has 124 valence electrons. The lowest BCUT2D eigenvalue weighted by atomic mass is 9.91. The highest BCUT2D eigenvalue weighted by Gasteiger charge is 2.32. The number of aryl methyl sites for hydroxylation is 1. The molecule has 1 heterocycles. The number of rotatable bonds is 3. The van der Waals surface area contributed by atoms with E-state index in [9.17, 15) is 9.59 Å². The van der Waals surface area contributed by atoms with Gasteiger partial charge in [0, 0.05) is 22.4 Å². The van der Waals surface area contributed by atoms with Crippen molar-refractivity contribution >= 4 is 23.1 Å². The molecular weight excluding hydrogens is 322 g/mol. The van der Waals surface area contributed by atoms with Crippen LogP contribution in [0.5, 0.6) is 0 Å². The van der Waals surface area contributed by atoms with Crippen LogP contribution in [-0.4, -0.2) is 23.3 Å². The summed E-state index contributed by atoms with van der Waals surface area (Å²) in [5.74, 6) is -0.182. The summed E-state index contributed by atoms with van der Waals surface area (Å²) in [5, 5.41) is 0.933. The van der Waals surface area contributed by atoms with Crippen LogP contribution in [0.4, 0.5) is 0 Å². The minimum Gasteiger partial charge on any atom is -0.465 e. The minimum absolute atomic E-state index is 0.163. The third-order valence-corrected chi connectivity index (χ3v) is 6.00. The van der Waals surface area contributed by atoms with E-state index >= 15 is 0 Å². The number of benzene rings is 1. The molecule has 4 rings (SSSR count). The first-order chi connectivity index (χ1) is 11.7. The van der Waals surface area contributed by atoms with Gasteiger partial charge in [0.05, 0.1) is 12.3 Å². The fourth-order valence-electron chi connectivity index (χ4n) is 3.70. The van der Waals surface area contributed by atoms with Gasteiger partial charge in [-0.2, -0.15) is 0 Å². The van der Waals surface area contributed by atoms with E-state index in [-0.39, 0.29) is 17.7 Å². The van der Waals surface area contributed by atoms with Crippen LogP contribution in [0.3, 0.4) is 0 Å². The van der Waals surface area contributed by atoms with Gasteiger partial charge < -0.3 is 4.74 Å². The number of Topliss-reactive ketones (excluding diaryl/α,β-unsaturated/α-hetero) is 1. The molecule has 2 aliphatic carbocycles. The molecule has 0 saturated heterocycles. The van der Waals surface area contributed by atoms with Crippen LogP contribution in [0.2, 0.25) is 0 Å². The van der Waals surface area contributed by atoms with Crippen LogP contribution in [0.25, 0.3) is 10.6 Å². The molecule has 24 heavy (non-hydrogen) atoms.